The maximum absolute atomic E-state index is 12.0. The molecule has 1 unspecified atom stereocenters. The Morgan fingerprint density at radius 2 is 1.52 bits per heavy atom. The zero-order chi connectivity index (χ0) is 23.6. The summed E-state index contributed by atoms with van der Waals surface area (Å²) in [4.78, 5) is 12.0. The smallest absolute Gasteiger partial charge is 0.152 e. The van der Waals surface area contributed by atoms with Gasteiger partial charge in [0.2, 0.25) is 0 Å². The topological polar surface area (TPSA) is 41.1 Å². The summed E-state index contributed by atoms with van der Waals surface area (Å²) in [6.45, 7) is 21.1. The minimum absolute atomic E-state index is 0.160. The van der Waals surface area contributed by atoms with Crippen molar-refractivity contribution < 1.29 is 4.79 Å². The first-order chi connectivity index (χ1) is 14.6. The van der Waals surface area contributed by atoms with Crippen molar-refractivity contribution in [1.82, 2.24) is 10.6 Å². The molecule has 0 bridgehead atoms. The van der Waals surface area contributed by atoms with Gasteiger partial charge in [-0.05, 0) is 80.1 Å². The van der Waals surface area contributed by atoms with Gasteiger partial charge in [0.25, 0.3) is 0 Å². The minimum atomic E-state index is -0.160. The van der Waals surface area contributed by atoms with Crippen molar-refractivity contribution in [2.45, 2.75) is 86.1 Å². The van der Waals surface area contributed by atoms with E-state index in [4.69, 9.17) is 0 Å². The van der Waals surface area contributed by atoms with E-state index in [1.807, 2.05) is 6.92 Å². The molecule has 0 aromatic carbocycles. The number of allylic oxidation sites excluding steroid dienone is 7. The molecule has 1 atom stereocenters. The van der Waals surface area contributed by atoms with Gasteiger partial charge in [0, 0.05) is 29.4 Å². The minimum Gasteiger partial charge on any atom is -0.389 e. The van der Waals surface area contributed by atoms with Crippen LogP contribution >= 0.6 is 11.8 Å². The Kier molecular flexibility index (Phi) is 17.0. The van der Waals surface area contributed by atoms with Crippen molar-refractivity contribution in [1.29, 1.82) is 0 Å². The lowest BCUT2D eigenvalue weighted by Gasteiger charge is -2.18. The molecule has 176 valence electrons. The lowest BCUT2D eigenvalue weighted by molar-refractivity contribution is -0.118. The van der Waals surface area contributed by atoms with Gasteiger partial charge in [0.1, 0.15) is 0 Å². The Morgan fingerprint density at radius 3 is 2.10 bits per heavy atom. The molecule has 0 aliphatic carbocycles. The van der Waals surface area contributed by atoms with Gasteiger partial charge in [-0.3, -0.25) is 4.79 Å². The summed E-state index contributed by atoms with van der Waals surface area (Å²) in [6, 6.07) is -0.160. The van der Waals surface area contributed by atoms with Gasteiger partial charge in [-0.15, -0.1) is 0 Å². The van der Waals surface area contributed by atoms with Crippen molar-refractivity contribution in [2.75, 3.05) is 18.1 Å². The molecule has 0 saturated heterocycles. The Hall–Kier alpha value is -1.68. The van der Waals surface area contributed by atoms with Gasteiger partial charge in [0.15, 0.2) is 5.78 Å². The van der Waals surface area contributed by atoms with E-state index >= 15 is 0 Å². The maximum Gasteiger partial charge on any atom is 0.152 e. The molecule has 2 N–H and O–H groups in total. The van der Waals surface area contributed by atoms with E-state index in [9.17, 15) is 4.79 Å². The molecule has 3 nitrogen and oxygen atoms in total. The van der Waals surface area contributed by atoms with Crippen molar-refractivity contribution in [3.05, 3.63) is 59.5 Å². The lowest BCUT2D eigenvalue weighted by Crippen LogP contribution is -2.37. The fraction of sp³-hybridized carbons (Fsp3) is 0.593. The number of hydrogen-bond donors (Lipinski definition) is 2. The summed E-state index contributed by atoms with van der Waals surface area (Å²) in [6.07, 6.45) is 13.3. The fourth-order valence-corrected chi connectivity index (χ4v) is 4.00. The second-order valence-corrected chi connectivity index (χ2v) is 9.79. The van der Waals surface area contributed by atoms with Crippen LogP contribution in [0.1, 0.15) is 80.1 Å². The number of carbonyl (C=O) groups is 1. The number of hydrogen-bond acceptors (Lipinski definition) is 4. The van der Waals surface area contributed by atoms with E-state index in [1.165, 1.54) is 16.7 Å². The van der Waals surface area contributed by atoms with Crippen molar-refractivity contribution in [2.24, 2.45) is 0 Å². The van der Waals surface area contributed by atoms with Crippen LogP contribution in [0.3, 0.4) is 0 Å². The lowest BCUT2D eigenvalue weighted by atomic mass is 10.1. The van der Waals surface area contributed by atoms with Crippen molar-refractivity contribution >= 4 is 17.5 Å². The number of rotatable bonds is 18. The van der Waals surface area contributed by atoms with Crippen molar-refractivity contribution in [3.63, 3.8) is 0 Å². The standard InChI is InChI=1S/C27H46N2OS/c1-21(2)12-9-13-23(5)14-10-15-24(6)17-19-31-20-27(26(8)30)29-25(7)16-11-18-28-22(3)4/h12,14,17,27-29H,3,7,9-11,13,15-16,18-20H2,1-2,4-6,8H3/b23-14+,24-17+. The van der Waals surface area contributed by atoms with Crippen LogP contribution in [0.15, 0.2) is 59.5 Å². The number of carbonyl (C=O) groups excluding carboxylic acids is 1. The molecule has 0 aromatic heterocycles. The van der Waals surface area contributed by atoms with Gasteiger partial charge in [-0.1, -0.05) is 48.1 Å². The van der Waals surface area contributed by atoms with Crippen LogP contribution in [0.25, 0.3) is 0 Å². The average Bonchev–Trinajstić information content (AvgIpc) is 2.67. The molecule has 0 aromatic rings. The maximum atomic E-state index is 12.0. The first-order valence-electron chi connectivity index (χ1n) is 11.5. The van der Waals surface area contributed by atoms with E-state index in [0.29, 0.717) is 0 Å². The Bertz CT molecular complexity index is 654. The second kappa shape index (κ2) is 17.9. The van der Waals surface area contributed by atoms with Crippen molar-refractivity contribution in [3.8, 4) is 0 Å². The SMILES string of the molecule is C=C(C)NCCCC(=C)NC(CSC/C=C(\C)CC/C=C(\C)CCC=C(C)C)C(C)=O. The number of Topliss-reactive ketones (excluding diaryl/α,β-unsaturated/α-hetero) is 1. The third-order valence-electron chi connectivity index (χ3n) is 4.91. The van der Waals surface area contributed by atoms with Gasteiger partial charge in [-0.2, -0.15) is 11.8 Å². The number of thioether (sulfide) groups is 1. The highest BCUT2D eigenvalue weighted by atomic mass is 32.2. The van der Waals surface area contributed by atoms with Gasteiger partial charge >= 0.3 is 0 Å². The van der Waals surface area contributed by atoms with Crippen LogP contribution in [0.2, 0.25) is 0 Å². The summed E-state index contributed by atoms with van der Waals surface area (Å²) in [5.74, 6) is 1.88. The first-order valence-corrected chi connectivity index (χ1v) is 12.6. The quantitative estimate of drug-likeness (QED) is 0.174. The van der Waals surface area contributed by atoms with Gasteiger partial charge < -0.3 is 10.6 Å². The Labute approximate surface area is 196 Å². The molecule has 4 heteroatoms. The summed E-state index contributed by atoms with van der Waals surface area (Å²) >= 11 is 1.80. The van der Waals surface area contributed by atoms with E-state index in [1.54, 1.807) is 18.7 Å². The second-order valence-electron chi connectivity index (χ2n) is 8.72. The predicted octanol–water partition coefficient (Wildman–Crippen LogP) is 7.10. The number of ketones is 1. The third-order valence-corrected chi connectivity index (χ3v) is 5.88. The summed E-state index contributed by atoms with van der Waals surface area (Å²) in [5.41, 5.74) is 6.20. The van der Waals surface area contributed by atoms with Crippen LogP contribution in [-0.4, -0.2) is 29.9 Å². The van der Waals surface area contributed by atoms with Crippen LogP contribution in [0.5, 0.6) is 0 Å². The molecule has 0 heterocycles. The molecule has 0 saturated carbocycles. The highest BCUT2D eigenvalue weighted by Crippen LogP contribution is 2.13. The summed E-state index contributed by atoms with van der Waals surface area (Å²) < 4.78 is 0. The third kappa shape index (κ3) is 18.8. The largest absolute Gasteiger partial charge is 0.389 e. The molecule has 31 heavy (non-hydrogen) atoms. The van der Waals surface area contributed by atoms with Crippen LogP contribution in [-0.2, 0) is 4.79 Å². The fourth-order valence-electron chi connectivity index (χ4n) is 2.91. The Morgan fingerprint density at radius 1 is 0.903 bits per heavy atom. The molecule has 0 fully saturated rings. The zero-order valence-corrected chi connectivity index (χ0v) is 21.7. The molecule has 0 spiro atoms. The monoisotopic (exact) mass is 446 g/mol. The summed E-state index contributed by atoms with van der Waals surface area (Å²) in [7, 11) is 0. The summed E-state index contributed by atoms with van der Waals surface area (Å²) in [5, 5.41) is 6.53. The van der Waals surface area contributed by atoms with Gasteiger partial charge in [-0.25, -0.2) is 0 Å². The highest BCUT2D eigenvalue weighted by Gasteiger charge is 2.14. The van der Waals surface area contributed by atoms with Gasteiger partial charge in [0.05, 0.1) is 6.04 Å². The van der Waals surface area contributed by atoms with Crippen LogP contribution in [0.4, 0.5) is 0 Å². The zero-order valence-electron chi connectivity index (χ0n) is 20.9. The molecular formula is C27H46N2OS. The highest BCUT2D eigenvalue weighted by molar-refractivity contribution is 7.99. The molecule has 0 aliphatic heterocycles. The normalized spacial score (nSPS) is 12.8. The number of nitrogens with one attached hydrogen (secondary N) is 2. The average molecular weight is 447 g/mol. The van der Waals surface area contributed by atoms with Crippen LogP contribution < -0.4 is 10.6 Å². The van der Waals surface area contributed by atoms with E-state index in [0.717, 1.165) is 68.0 Å². The molecule has 0 radical (unpaired) electrons. The molecular weight excluding hydrogens is 400 g/mol. The van der Waals surface area contributed by atoms with E-state index in [-0.39, 0.29) is 11.8 Å². The van der Waals surface area contributed by atoms with E-state index < -0.39 is 0 Å². The molecule has 0 amide bonds. The van der Waals surface area contributed by atoms with Crippen LogP contribution in [0, 0.1) is 0 Å². The first kappa shape index (κ1) is 29.3. The Balaban J connectivity index is 4.17. The molecule has 0 aliphatic rings. The molecule has 0 rings (SSSR count). The predicted molar refractivity (Wildman–Crippen MR) is 142 cm³/mol. The van der Waals surface area contributed by atoms with E-state index in [2.05, 4.69) is 69.7 Å².